The number of thioether (sulfide) groups is 1. The molecule has 2 saturated heterocycles. The number of carbonyl (C=O) groups excluding carboxylic acids is 2. The maximum Gasteiger partial charge on any atom is 0.327 e. The fourth-order valence-electron chi connectivity index (χ4n) is 3.84. The Balaban J connectivity index is 1.60. The van der Waals surface area contributed by atoms with Crippen LogP contribution in [0.25, 0.3) is 11.3 Å². The van der Waals surface area contributed by atoms with Crippen LogP contribution in [0.2, 0.25) is 5.02 Å². The molecule has 2 N–H and O–H groups in total. The number of β-lactam (4-membered cyclic amide) rings is 1. The zero-order valence-corrected chi connectivity index (χ0v) is 17.4. The minimum absolute atomic E-state index is 0.196. The van der Waals surface area contributed by atoms with E-state index in [1.807, 2.05) is 0 Å². The molecule has 0 saturated carbocycles. The van der Waals surface area contributed by atoms with E-state index in [0.29, 0.717) is 16.3 Å². The molecule has 2 aromatic rings. The maximum absolute atomic E-state index is 13.0. The third kappa shape index (κ3) is 3.00. The normalized spacial score (nSPS) is 24.8. The molecule has 10 heteroatoms. The Morgan fingerprint density at radius 3 is 2.69 bits per heavy atom. The van der Waals surface area contributed by atoms with Gasteiger partial charge in [0, 0.05) is 10.3 Å². The summed E-state index contributed by atoms with van der Waals surface area (Å²) < 4.78 is 4.54. The number of halogens is 1. The third-order valence-corrected chi connectivity index (χ3v) is 7.08. The van der Waals surface area contributed by atoms with Crippen LogP contribution in [0.4, 0.5) is 0 Å². The molecule has 8 nitrogen and oxygen atoms in total. The molecule has 2 aliphatic heterocycles. The van der Waals surface area contributed by atoms with Crippen LogP contribution in [-0.4, -0.2) is 55.2 Å². The van der Waals surface area contributed by atoms with Crippen LogP contribution in [0, 0.1) is 6.92 Å². The number of carbonyl (C=O) groups is 3. The van der Waals surface area contributed by atoms with Crippen LogP contribution >= 0.6 is 23.4 Å². The number of aliphatic carboxylic acids is 1. The summed E-state index contributed by atoms with van der Waals surface area (Å²) in [6.07, 6.45) is 0. The van der Waals surface area contributed by atoms with E-state index in [1.54, 1.807) is 45.0 Å². The second-order valence-electron chi connectivity index (χ2n) is 7.49. The molecule has 1 aromatic carbocycles. The fourth-order valence-corrected chi connectivity index (χ4v) is 5.69. The second kappa shape index (κ2) is 6.77. The standard InChI is InChI=1S/C19H18ClN3O5S/c1-8-11(12(22-28-8)9-6-4-5-7-10(9)20)15(24)21-13-16(25)23-14(18(26)27)19(2,3)29-17(13)23/h4-7,13-14,17H,1-3H3,(H,21,24)(H,26,27)/t13-,14+,17?/m1/s1. The molecule has 3 heterocycles. The number of aryl methyl sites for hydroxylation is 1. The highest BCUT2D eigenvalue weighted by Crippen LogP contribution is 2.50. The van der Waals surface area contributed by atoms with Crippen LogP contribution in [0.3, 0.4) is 0 Å². The first kappa shape index (κ1) is 19.8. The largest absolute Gasteiger partial charge is 0.480 e. The number of aromatic nitrogens is 1. The van der Waals surface area contributed by atoms with Gasteiger partial charge in [0.05, 0.1) is 5.02 Å². The zero-order valence-electron chi connectivity index (χ0n) is 15.8. The first-order valence-electron chi connectivity index (χ1n) is 8.88. The van der Waals surface area contributed by atoms with Crippen LogP contribution in [-0.2, 0) is 9.59 Å². The van der Waals surface area contributed by atoms with Crippen LogP contribution < -0.4 is 5.32 Å². The van der Waals surface area contributed by atoms with Gasteiger partial charge in [0.15, 0.2) is 0 Å². The molecule has 0 spiro atoms. The van der Waals surface area contributed by atoms with Gasteiger partial charge in [-0.15, -0.1) is 11.8 Å². The van der Waals surface area contributed by atoms with Crippen molar-refractivity contribution in [2.45, 2.75) is 43.0 Å². The lowest BCUT2D eigenvalue weighted by molar-refractivity contribution is -0.159. The van der Waals surface area contributed by atoms with Crippen molar-refractivity contribution in [1.29, 1.82) is 0 Å². The quantitative estimate of drug-likeness (QED) is 0.709. The topological polar surface area (TPSA) is 113 Å². The van der Waals surface area contributed by atoms with Crippen molar-refractivity contribution in [1.82, 2.24) is 15.4 Å². The number of hydrogen-bond acceptors (Lipinski definition) is 6. The Bertz CT molecular complexity index is 1040. The van der Waals surface area contributed by atoms with Gasteiger partial charge in [-0.3, -0.25) is 9.59 Å². The molecular weight excluding hydrogens is 418 g/mol. The van der Waals surface area contributed by atoms with E-state index < -0.39 is 40.0 Å². The number of carboxylic acids is 1. The molecule has 2 amide bonds. The molecule has 3 atom stereocenters. The van der Waals surface area contributed by atoms with Gasteiger partial charge in [-0.05, 0) is 26.8 Å². The van der Waals surface area contributed by atoms with Gasteiger partial charge in [0.25, 0.3) is 5.91 Å². The Hall–Kier alpha value is -2.52. The van der Waals surface area contributed by atoms with Crippen molar-refractivity contribution in [2.24, 2.45) is 0 Å². The van der Waals surface area contributed by atoms with Crippen LogP contribution in [0.1, 0.15) is 30.0 Å². The van der Waals surface area contributed by atoms with Crippen molar-refractivity contribution in [3.05, 3.63) is 40.6 Å². The summed E-state index contributed by atoms with van der Waals surface area (Å²) in [5.41, 5.74) is 1.03. The van der Waals surface area contributed by atoms with E-state index in [9.17, 15) is 19.5 Å². The highest BCUT2D eigenvalue weighted by atomic mass is 35.5. The number of nitrogens with zero attached hydrogens (tertiary/aromatic N) is 2. The van der Waals surface area contributed by atoms with Crippen molar-refractivity contribution in [3.63, 3.8) is 0 Å². The number of carboxylic acid groups (broad SMARTS) is 1. The Morgan fingerprint density at radius 1 is 1.34 bits per heavy atom. The lowest BCUT2D eigenvalue weighted by Gasteiger charge is -2.43. The Kier molecular flexibility index (Phi) is 4.62. The molecule has 29 heavy (non-hydrogen) atoms. The number of benzene rings is 1. The lowest BCUT2D eigenvalue weighted by atomic mass is 9.95. The van der Waals surface area contributed by atoms with E-state index in [-0.39, 0.29) is 11.3 Å². The van der Waals surface area contributed by atoms with Crippen molar-refractivity contribution < 1.29 is 24.0 Å². The number of hydrogen-bond donors (Lipinski definition) is 2. The summed E-state index contributed by atoms with van der Waals surface area (Å²) in [7, 11) is 0. The van der Waals surface area contributed by atoms with Gasteiger partial charge < -0.3 is 19.8 Å². The number of fused-ring (bicyclic) bond motifs is 1. The van der Waals surface area contributed by atoms with E-state index in [4.69, 9.17) is 16.1 Å². The smallest absolute Gasteiger partial charge is 0.327 e. The van der Waals surface area contributed by atoms with Gasteiger partial charge in [-0.2, -0.15) is 0 Å². The Labute approximate surface area is 175 Å². The highest BCUT2D eigenvalue weighted by molar-refractivity contribution is 8.01. The molecule has 152 valence electrons. The fraction of sp³-hybridized carbons (Fsp3) is 0.368. The summed E-state index contributed by atoms with van der Waals surface area (Å²) in [6.45, 7) is 5.16. The van der Waals surface area contributed by atoms with Crippen LogP contribution in [0.15, 0.2) is 28.8 Å². The second-order valence-corrected chi connectivity index (χ2v) is 9.67. The summed E-state index contributed by atoms with van der Waals surface area (Å²) in [6, 6.07) is 5.18. The van der Waals surface area contributed by atoms with E-state index in [1.165, 1.54) is 16.7 Å². The zero-order chi connectivity index (χ0) is 21.1. The summed E-state index contributed by atoms with van der Waals surface area (Å²) >= 11 is 7.59. The third-order valence-electron chi connectivity index (χ3n) is 5.18. The monoisotopic (exact) mass is 435 g/mol. The summed E-state index contributed by atoms with van der Waals surface area (Å²) in [5, 5.41) is 16.2. The molecule has 1 aromatic heterocycles. The number of amides is 2. The molecule has 0 bridgehead atoms. The van der Waals surface area contributed by atoms with Gasteiger partial charge in [0.2, 0.25) is 5.91 Å². The molecule has 0 aliphatic carbocycles. The molecule has 1 unspecified atom stereocenters. The van der Waals surface area contributed by atoms with E-state index in [0.717, 1.165) is 0 Å². The van der Waals surface area contributed by atoms with Gasteiger partial charge in [-0.25, -0.2) is 4.79 Å². The van der Waals surface area contributed by atoms with Gasteiger partial charge in [0.1, 0.15) is 34.5 Å². The minimum atomic E-state index is -1.06. The number of rotatable bonds is 4. The molecule has 2 aliphatic rings. The number of nitrogens with one attached hydrogen (secondary N) is 1. The molecule has 4 rings (SSSR count). The molecule has 2 fully saturated rings. The van der Waals surface area contributed by atoms with E-state index >= 15 is 0 Å². The minimum Gasteiger partial charge on any atom is -0.480 e. The first-order valence-corrected chi connectivity index (χ1v) is 10.1. The SMILES string of the molecule is Cc1onc(-c2ccccc2Cl)c1C(=O)N[C@@H]1C(=O)N2C1SC(C)(C)[C@@H]2C(=O)O. The maximum atomic E-state index is 13.0. The van der Waals surface area contributed by atoms with Crippen molar-refractivity contribution in [3.8, 4) is 11.3 Å². The van der Waals surface area contributed by atoms with Gasteiger partial charge in [-0.1, -0.05) is 35.0 Å². The van der Waals surface area contributed by atoms with Crippen molar-refractivity contribution >= 4 is 41.1 Å². The molecular formula is C19H18ClN3O5S. The summed E-state index contributed by atoms with van der Waals surface area (Å²) in [4.78, 5) is 38.6. The summed E-state index contributed by atoms with van der Waals surface area (Å²) in [5.74, 6) is -1.70. The average molecular weight is 436 g/mol. The van der Waals surface area contributed by atoms with E-state index in [2.05, 4.69) is 10.5 Å². The first-order chi connectivity index (χ1) is 13.6. The Morgan fingerprint density at radius 2 is 2.03 bits per heavy atom. The predicted octanol–water partition coefficient (Wildman–Crippen LogP) is 2.55. The average Bonchev–Trinajstić information content (AvgIpc) is 3.15. The van der Waals surface area contributed by atoms with Crippen LogP contribution in [0.5, 0.6) is 0 Å². The van der Waals surface area contributed by atoms with Crippen molar-refractivity contribution in [2.75, 3.05) is 0 Å². The molecule has 0 radical (unpaired) electrons. The predicted molar refractivity (Wildman–Crippen MR) is 107 cm³/mol. The lowest BCUT2D eigenvalue weighted by Crippen LogP contribution is -2.70. The highest BCUT2D eigenvalue weighted by Gasteiger charge is 2.64. The van der Waals surface area contributed by atoms with Gasteiger partial charge >= 0.3 is 5.97 Å².